The first kappa shape index (κ1) is 13.6. The molecule has 4 heteroatoms. The monoisotopic (exact) mass is 285 g/mol. The van der Waals surface area contributed by atoms with Crippen LogP contribution in [0.15, 0.2) is 52.9 Å². The van der Waals surface area contributed by atoms with E-state index >= 15 is 0 Å². The summed E-state index contributed by atoms with van der Waals surface area (Å²) in [6.07, 6.45) is 0. The van der Waals surface area contributed by atoms with E-state index in [1.807, 2.05) is 31.3 Å². The third-order valence-electron chi connectivity index (χ3n) is 3.30. The number of nitrogens with one attached hydrogen (secondary N) is 1. The van der Waals surface area contributed by atoms with E-state index in [-0.39, 0.29) is 12.4 Å². The van der Waals surface area contributed by atoms with Crippen LogP contribution < -0.4 is 10.1 Å². The molecule has 0 aliphatic rings. The smallest absolute Gasteiger partial charge is 0.147 e. The molecule has 0 spiro atoms. The maximum Gasteiger partial charge on any atom is 0.147 e. The van der Waals surface area contributed by atoms with Crippen molar-refractivity contribution in [3.05, 3.63) is 65.7 Å². The lowest BCUT2D eigenvalue weighted by Gasteiger charge is -2.06. The fourth-order valence-electron chi connectivity index (χ4n) is 2.34. The van der Waals surface area contributed by atoms with Crippen molar-refractivity contribution in [2.24, 2.45) is 0 Å². The van der Waals surface area contributed by atoms with Gasteiger partial charge in [0.05, 0.1) is 0 Å². The van der Waals surface area contributed by atoms with Gasteiger partial charge in [-0.15, -0.1) is 0 Å². The summed E-state index contributed by atoms with van der Waals surface area (Å²) < 4.78 is 24.6. The molecule has 1 heterocycles. The van der Waals surface area contributed by atoms with Gasteiger partial charge in [0.25, 0.3) is 0 Å². The Morgan fingerprint density at radius 3 is 2.81 bits per heavy atom. The lowest BCUT2D eigenvalue weighted by Crippen LogP contribution is -2.07. The molecule has 3 nitrogen and oxygen atoms in total. The van der Waals surface area contributed by atoms with Crippen LogP contribution in [0.1, 0.15) is 11.3 Å². The second-order valence-electron chi connectivity index (χ2n) is 4.78. The van der Waals surface area contributed by atoms with Gasteiger partial charge < -0.3 is 14.5 Å². The first-order valence-corrected chi connectivity index (χ1v) is 6.80. The summed E-state index contributed by atoms with van der Waals surface area (Å²) in [5.41, 5.74) is 1.91. The van der Waals surface area contributed by atoms with Gasteiger partial charge in [0.15, 0.2) is 0 Å². The maximum absolute atomic E-state index is 13.1. The zero-order valence-electron chi connectivity index (χ0n) is 11.7. The van der Waals surface area contributed by atoms with Crippen LogP contribution in [0.4, 0.5) is 4.39 Å². The molecule has 21 heavy (non-hydrogen) atoms. The standard InChI is InChI=1S/C17H16FNO2/c1-19-10-15-14-7-2-3-8-16(14)21-17(15)11-20-13-6-4-5-12(18)9-13/h2-9,19H,10-11H2,1H3. The van der Waals surface area contributed by atoms with Gasteiger partial charge in [-0.3, -0.25) is 0 Å². The van der Waals surface area contributed by atoms with E-state index in [2.05, 4.69) is 5.32 Å². The average molecular weight is 285 g/mol. The highest BCUT2D eigenvalue weighted by Gasteiger charge is 2.13. The summed E-state index contributed by atoms with van der Waals surface area (Å²) in [7, 11) is 1.89. The Balaban J connectivity index is 1.87. The maximum atomic E-state index is 13.1. The highest BCUT2D eigenvalue weighted by atomic mass is 19.1. The predicted molar refractivity (Wildman–Crippen MR) is 79.7 cm³/mol. The van der Waals surface area contributed by atoms with Crippen LogP contribution in [0.3, 0.4) is 0 Å². The molecule has 0 aliphatic heterocycles. The Labute approximate surface area is 122 Å². The third-order valence-corrected chi connectivity index (χ3v) is 3.30. The summed E-state index contributed by atoms with van der Waals surface area (Å²) in [5.74, 6) is 0.938. The van der Waals surface area contributed by atoms with Crippen LogP contribution >= 0.6 is 0 Å². The number of hydrogen-bond acceptors (Lipinski definition) is 3. The van der Waals surface area contributed by atoms with Crippen LogP contribution in [0, 0.1) is 5.82 Å². The molecular formula is C17H16FNO2. The van der Waals surface area contributed by atoms with Gasteiger partial charge in [0.2, 0.25) is 0 Å². The summed E-state index contributed by atoms with van der Waals surface area (Å²) in [6.45, 7) is 0.966. The van der Waals surface area contributed by atoms with E-state index < -0.39 is 0 Å². The summed E-state index contributed by atoms with van der Waals surface area (Å²) >= 11 is 0. The van der Waals surface area contributed by atoms with Gasteiger partial charge in [0, 0.05) is 23.6 Å². The Kier molecular flexibility index (Phi) is 3.88. The van der Waals surface area contributed by atoms with Gasteiger partial charge in [-0.05, 0) is 25.2 Å². The highest BCUT2D eigenvalue weighted by molar-refractivity contribution is 5.82. The van der Waals surface area contributed by atoms with E-state index in [1.165, 1.54) is 12.1 Å². The van der Waals surface area contributed by atoms with Crippen molar-refractivity contribution in [1.82, 2.24) is 5.32 Å². The minimum absolute atomic E-state index is 0.273. The molecule has 2 aromatic carbocycles. The lowest BCUT2D eigenvalue weighted by molar-refractivity contribution is 0.271. The fraction of sp³-hybridized carbons (Fsp3) is 0.176. The molecule has 0 unspecified atom stereocenters. The molecule has 0 bridgehead atoms. The zero-order chi connectivity index (χ0) is 14.7. The SMILES string of the molecule is CNCc1c(COc2cccc(F)c2)oc2ccccc12. The molecule has 3 rings (SSSR count). The molecule has 0 amide bonds. The van der Waals surface area contributed by atoms with Gasteiger partial charge in [-0.2, -0.15) is 0 Å². The molecule has 0 atom stereocenters. The molecule has 0 fully saturated rings. The van der Waals surface area contributed by atoms with Crippen LogP contribution in [0.2, 0.25) is 0 Å². The third kappa shape index (κ3) is 2.90. The zero-order valence-corrected chi connectivity index (χ0v) is 11.7. The number of furan rings is 1. The number of halogens is 1. The molecule has 1 N–H and O–H groups in total. The molecule has 3 aromatic rings. The average Bonchev–Trinajstić information content (AvgIpc) is 2.84. The van der Waals surface area contributed by atoms with Crippen molar-refractivity contribution in [1.29, 1.82) is 0 Å². The molecule has 1 aromatic heterocycles. The molecule has 0 saturated heterocycles. The highest BCUT2D eigenvalue weighted by Crippen LogP contribution is 2.27. The normalized spacial score (nSPS) is 11.0. The van der Waals surface area contributed by atoms with E-state index in [4.69, 9.17) is 9.15 Å². The van der Waals surface area contributed by atoms with E-state index in [9.17, 15) is 4.39 Å². The topological polar surface area (TPSA) is 34.4 Å². The Morgan fingerprint density at radius 2 is 2.00 bits per heavy atom. The van der Waals surface area contributed by atoms with E-state index in [0.717, 1.165) is 22.3 Å². The fourth-order valence-corrected chi connectivity index (χ4v) is 2.34. The molecular weight excluding hydrogens is 269 g/mol. The Bertz CT molecular complexity index is 751. The summed E-state index contributed by atoms with van der Waals surface area (Å²) in [4.78, 5) is 0. The van der Waals surface area contributed by atoms with Crippen molar-refractivity contribution in [2.75, 3.05) is 7.05 Å². The molecule has 0 aliphatic carbocycles. The van der Waals surface area contributed by atoms with Crippen molar-refractivity contribution in [3.63, 3.8) is 0 Å². The van der Waals surface area contributed by atoms with Crippen molar-refractivity contribution in [3.8, 4) is 5.75 Å². The second kappa shape index (κ2) is 5.97. The van der Waals surface area contributed by atoms with Gasteiger partial charge in [0.1, 0.15) is 29.5 Å². The van der Waals surface area contributed by atoms with Crippen LogP contribution in [-0.4, -0.2) is 7.05 Å². The lowest BCUT2D eigenvalue weighted by atomic mass is 10.1. The van der Waals surface area contributed by atoms with Crippen molar-refractivity contribution in [2.45, 2.75) is 13.2 Å². The Morgan fingerprint density at radius 1 is 1.14 bits per heavy atom. The minimum atomic E-state index is -0.312. The van der Waals surface area contributed by atoms with Crippen LogP contribution in [0.25, 0.3) is 11.0 Å². The number of benzene rings is 2. The minimum Gasteiger partial charge on any atom is -0.486 e. The molecule has 0 saturated carbocycles. The van der Waals surface area contributed by atoms with Crippen molar-refractivity contribution >= 4 is 11.0 Å². The van der Waals surface area contributed by atoms with Crippen LogP contribution in [-0.2, 0) is 13.2 Å². The van der Waals surface area contributed by atoms with Gasteiger partial charge in [-0.1, -0.05) is 24.3 Å². The predicted octanol–water partition coefficient (Wildman–Crippen LogP) is 3.87. The van der Waals surface area contributed by atoms with Gasteiger partial charge in [-0.25, -0.2) is 4.39 Å². The molecule has 0 radical (unpaired) electrons. The quantitative estimate of drug-likeness (QED) is 0.772. The number of fused-ring (bicyclic) bond motifs is 1. The number of para-hydroxylation sites is 1. The number of rotatable bonds is 5. The molecule has 108 valence electrons. The van der Waals surface area contributed by atoms with Crippen molar-refractivity contribution < 1.29 is 13.5 Å². The Hall–Kier alpha value is -2.33. The van der Waals surface area contributed by atoms with E-state index in [1.54, 1.807) is 12.1 Å². The summed E-state index contributed by atoms with van der Waals surface area (Å²) in [5, 5.41) is 4.21. The first-order chi connectivity index (χ1) is 10.3. The van der Waals surface area contributed by atoms with Gasteiger partial charge >= 0.3 is 0 Å². The second-order valence-corrected chi connectivity index (χ2v) is 4.78. The summed E-state index contributed by atoms with van der Waals surface area (Å²) in [6, 6.07) is 14.0. The number of ether oxygens (including phenoxy) is 1. The first-order valence-electron chi connectivity index (χ1n) is 6.80. The largest absolute Gasteiger partial charge is 0.486 e. The number of hydrogen-bond donors (Lipinski definition) is 1. The van der Waals surface area contributed by atoms with E-state index in [0.29, 0.717) is 12.3 Å². The van der Waals surface area contributed by atoms with Crippen LogP contribution in [0.5, 0.6) is 5.75 Å².